The smallest absolute Gasteiger partial charge is 0.113 e. The van der Waals surface area contributed by atoms with Crippen LogP contribution in [0.15, 0.2) is 5.38 Å². The lowest BCUT2D eigenvalue weighted by Gasteiger charge is -2.27. The van der Waals surface area contributed by atoms with Crippen LogP contribution in [-0.2, 0) is 11.0 Å². The van der Waals surface area contributed by atoms with Crippen LogP contribution in [0, 0.1) is 0 Å². The van der Waals surface area contributed by atoms with Crippen molar-refractivity contribution in [3.8, 4) is 0 Å². The van der Waals surface area contributed by atoms with Gasteiger partial charge in [-0.1, -0.05) is 59.8 Å². The van der Waals surface area contributed by atoms with Crippen LogP contribution in [0.25, 0.3) is 0 Å². The lowest BCUT2D eigenvalue weighted by Crippen LogP contribution is -2.36. The first-order valence-corrected chi connectivity index (χ1v) is 8.87. The van der Waals surface area contributed by atoms with Gasteiger partial charge in [0, 0.05) is 10.8 Å². The Bertz CT molecular complexity index is 392. The summed E-state index contributed by atoms with van der Waals surface area (Å²) in [5, 5.41) is 6.96. The van der Waals surface area contributed by atoms with Gasteiger partial charge in [-0.15, -0.1) is 11.3 Å². The molecule has 1 N–H and O–H groups in total. The Morgan fingerprint density at radius 3 is 2.25 bits per heavy atom. The van der Waals surface area contributed by atoms with Crippen molar-refractivity contribution in [3.63, 3.8) is 0 Å². The van der Waals surface area contributed by atoms with Crippen molar-refractivity contribution in [3.05, 3.63) is 16.1 Å². The molecule has 1 rings (SSSR count). The molecule has 20 heavy (non-hydrogen) atoms. The molecule has 0 radical (unpaired) electrons. The highest BCUT2D eigenvalue weighted by Crippen LogP contribution is 2.32. The number of hydrogen-bond donors (Lipinski definition) is 1. The van der Waals surface area contributed by atoms with E-state index in [1.54, 1.807) is 11.3 Å². The quantitative estimate of drug-likeness (QED) is 0.664. The number of aromatic nitrogens is 1. The minimum Gasteiger partial charge on any atom is -0.309 e. The van der Waals surface area contributed by atoms with Gasteiger partial charge in [-0.2, -0.15) is 0 Å². The van der Waals surface area contributed by atoms with Crippen LogP contribution in [0.4, 0.5) is 0 Å². The molecule has 1 heterocycles. The van der Waals surface area contributed by atoms with Crippen molar-refractivity contribution in [2.24, 2.45) is 0 Å². The van der Waals surface area contributed by atoms with Gasteiger partial charge in [0.2, 0.25) is 0 Å². The van der Waals surface area contributed by atoms with Gasteiger partial charge in [-0.25, -0.2) is 4.98 Å². The van der Waals surface area contributed by atoms with E-state index in [2.05, 4.69) is 52.4 Å². The van der Waals surface area contributed by atoms with Gasteiger partial charge in [-0.05, 0) is 20.4 Å². The zero-order valence-electron chi connectivity index (χ0n) is 14.2. The van der Waals surface area contributed by atoms with E-state index in [9.17, 15) is 0 Å². The molecule has 0 saturated heterocycles. The first-order valence-electron chi connectivity index (χ1n) is 7.99. The molecular formula is C17H32N2S. The Morgan fingerprint density at radius 2 is 1.75 bits per heavy atom. The third kappa shape index (κ3) is 4.85. The summed E-state index contributed by atoms with van der Waals surface area (Å²) in [5.41, 5.74) is 1.38. The minimum atomic E-state index is 0.0282. The van der Waals surface area contributed by atoms with Crippen LogP contribution in [0.1, 0.15) is 83.8 Å². The standard InChI is InChI=1S/C17H32N2S/c1-7-8-9-10-11-12-17(5,18-6)15-19-14(13-20-15)16(2,3)4/h13,18H,7-12H2,1-6H3. The van der Waals surface area contributed by atoms with Crippen LogP contribution in [0.5, 0.6) is 0 Å². The van der Waals surface area contributed by atoms with Gasteiger partial charge in [0.05, 0.1) is 11.2 Å². The highest BCUT2D eigenvalue weighted by molar-refractivity contribution is 7.09. The van der Waals surface area contributed by atoms with E-state index >= 15 is 0 Å². The van der Waals surface area contributed by atoms with Gasteiger partial charge in [-0.3, -0.25) is 0 Å². The van der Waals surface area contributed by atoms with Gasteiger partial charge in [0.15, 0.2) is 0 Å². The second kappa shape index (κ2) is 7.56. The number of hydrogen-bond acceptors (Lipinski definition) is 3. The number of nitrogens with one attached hydrogen (secondary N) is 1. The fourth-order valence-corrected chi connectivity index (χ4v) is 3.54. The highest BCUT2D eigenvalue weighted by atomic mass is 32.1. The Hall–Kier alpha value is -0.410. The average molecular weight is 297 g/mol. The highest BCUT2D eigenvalue weighted by Gasteiger charge is 2.29. The third-order valence-electron chi connectivity index (χ3n) is 4.08. The maximum absolute atomic E-state index is 4.90. The van der Waals surface area contributed by atoms with Crippen LogP contribution < -0.4 is 5.32 Å². The van der Waals surface area contributed by atoms with E-state index in [1.165, 1.54) is 49.2 Å². The van der Waals surface area contributed by atoms with E-state index < -0.39 is 0 Å². The summed E-state index contributed by atoms with van der Waals surface area (Å²) in [7, 11) is 2.06. The fraction of sp³-hybridized carbons (Fsp3) is 0.824. The molecule has 3 heteroatoms. The van der Waals surface area contributed by atoms with E-state index in [0.717, 1.165) is 0 Å². The largest absolute Gasteiger partial charge is 0.309 e. The molecule has 0 saturated carbocycles. The summed E-state index contributed by atoms with van der Waals surface area (Å²) in [5.74, 6) is 0. The molecule has 116 valence electrons. The molecule has 1 atom stereocenters. The van der Waals surface area contributed by atoms with Crippen molar-refractivity contribution in [1.82, 2.24) is 10.3 Å². The van der Waals surface area contributed by atoms with Gasteiger partial charge >= 0.3 is 0 Å². The van der Waals surface area contributed by atoms with Crippen molar-refractivity contribution < 1.29 is 0 Å². The minimum absolute atomic E-state index is 0.0282. The number of unbranched alkanes of at least 4 members (excludes halogenated alkanes) is 4. The Balaban J connectivity index is 2.65. The molecule has 1 aromatic rings. The van der Waals surface area contributed by atoms with Crippen LogP contribution in [-0.4, -0.2) is 12.0 Å². The zero-order valence-corrected chi connectivity index (χ0v) is 15.0. The molecule has 1 unspecified atom stereocenters. The maximum atomic E-state index is 4.90. The molecule has 0 amide bonds. The predicted molar refractivity (Wildman–Crippen MR) is 90.6 cm³/mol. The lowest BCUT2D eigenvalue weighted by atomic mass is 9.92. The van der Waals surface area contributed by atoms with Gasteiger partial charge in [0.25, 0.3) is 0 Å². The lowest BCUT2D eigenvalue weighted by molar-refractivity contribution is 0.348. The average Bonchev–Trinajstić information content (AvgIpc) is 2.88. The molecule has 2 nitrogen and oxygen atoms in total. The summed E-state index contributed by atoms with van der Waals surface area (Å²) in [6, 6.07) is 0. The summed E-state index contributed by atoms with van der Waals surface area (Å²) >= 11 is 1.80. The molecule has 0 fully saturated rings. The van der Waals surface area contributed by atoms with E-state index in [0.29, 0.717) is 0 Å². The molecule has 0 spiro atoms. The van der Waals surface area contributed by atoms with Crippen LogP contribution in [0.3, 0.4) is 0 Å². The van der Waals surface area contributed by atoms with Crippen LogP contribution in [0.2, 0.25) is 0 Å². The number of nitrogens with zero attached hydrogens (tertiary/aromatic N) is 1. The molecule has 1 aromatic heterocycles. The first-order chi connectivity index (χ1) is 9.33. The number of rotatable bonds is 8. The van der Waals surface area contributed by atoms with Crippen molar-refractivity contribution in [2.75, 3.05) is 7.05 Å². The monoisotopic (exact) mass is 296 g/mol. The summed E-state index contributed by atoms with van der Waals surface area (Å²) in [6.07, 6.45) is 7.82. The summed E-state index contributed by atoms with van der Waals surface area (Å²) < 4.78 is 0. The van der Waals surface area contributed by atoms with E-state index in [-0.39, 0.29) is 11.0 Å². The first kappa shape index (κ1) is 17.6. The zero-order chi connectivity index (χ0) is 15.2. The second-order valence-electron chi connectivity index (χ2n) is 7.03. The normalized spacial score (nSPS) is 15.3. The maximum Gasteiger partial charge on any atom is 0.113 e. The van der Waals surface area contributed by atoms with Crippen molar-refractivity contribution in [2.45, 2.75) is 84.1 Å². The van der Waals surface area contributed by atoms with E-state index in [1.807, 2.05) is 0 Å². The third-order valence-corrected chi connectivity index (χ3v) is 5.18. The Labute approximate surface area is 129 Å². The Morgan fingerprint density at radius 1 is 1.10 bits per heavy atom. The van der Waals surface area contributed by atoms with E-state index in [4.69, 9.17) is 4.98 Å². The van der Waals surface area contributed by atoms with Gasteiger partial charge in [0.1, 0.15) is 5.01 Å². The summed E-state index contributed by atoms with van der Waals surface area (Å²) in [6.45, 7) is 11.2. The molecule has 0 aromatic carbocycles. The predicted octanol–water partition coefficient (Wildman–Crippen LogP) is 5.24. The SMILES string of the molecule is CCCCCCCC(C)(NC)c1nc(C(C)(C)C)cs1. The second-order valence-corrected chi connectivity index (χ2v) is 7.89. The Kier molecular flexibility index (Phi) is 6.67. The molecule has 0 aliphatic rings. The van der Waals surface area contributed by atoms with Crippen molar-refractivity contribution >= 4 is 11.3 Å². The van der Waals surface area contributed by atoms with Crippen molar-refractivity contribution in [1.29, 1.82) is 0 Å². The fourth-order valence-electron chi connectivity index (χ4n) is 2.29. The topological polar surface area (TPSA) is 24.9 Å². The summed E-state index contributed by atoms with van der Waals surface area (Å²) in [4.78, 5) is 4.90. The molecular weight excluding hydrogens is 264 g/mol. The molecule has 0 aliphatic carbocycles. The van der Waals surface area contributed by atoms with Gasteiger partial charge < -0.3 is 5.32 Å². The molecule has 0 aliphatic heterocycles. The number of thiazole rings is 1. The van der Waals surface area contributed by atoms with Crippen LogP contribution >= 0.6 is 11.3 Å². The molecule has 0 bridgehead atoms.